The van der Waals surface area contributed by atoms with Gasteiger partial charge in [-0.1, -0.05) is 36.8 Å². The zero-order chi connectivity index (χ0) is 16.0. The first-order valence-corrected chi connectivity index (χ1v) is 9.01. The Labute approximate surface area is 139 Å². The van der Waals surface area contributed by atoms with E-state index in [4.69, 9.17) is 0 Å². The topological polar surface area (TPSA) is 34.9 Å². The molecule has 4 heteroatoms. The van der Waals surface area contributed by atoms with Crippen LogP contribution in [0, 0.1) is 6.92 Å². The molecule has 1 atom stereocenters. The summed E-state index contributed by atoms with van der Waals surface area (Å²) in [6.07, 6.45) is 5.19. The number of aryl methyl sites for hydroxylation is 2. The smallest absolute Gasteiger partial charge is 0.262 e. The van der Waals surface area contributed by atoms with Gasteiger partial charge in [-0.2, -0.15) is 0 Å². The van der Waals surface area contributed by atoms with Crippen molar-refractivity contribution in [2.24, 2.45) is 0 Å². The molecule has 0 fully saturated rings. The van der Waals surface area contributed by atoms with Gasteiger partial charge in [-0.05, 0) is 43.2 Å². The summed E-state index contributed by atoms with van der Waals surface area (Å²) in [5.74, 6) is 0.470. The van der Waals surface area contributed by atoms with Gasteiger partial charge < -0.3 is 0 Å². The van der Waals surface area contributed by atoms with Crippen LogP contribution in [0.4, 0.5) is 0 Å². The number of nitrogens with zero attached hydrogens (tertiary/aromatic N) is 2. The van der Waals surface area contributed by atoms with E-state index < -0.39 is 0 Å². The van der Waals surface area contributed by atoms with Crippen molar-refractivity contribution in [3.8, 4) is 0 Å². The van der Waals surface area contributed by atoms with Gasteiger partial charge in [-0.25, -0.2) is 4.98 Å². The van der Waals surface area contributed by atoms with Gasteiger partial charge in [0.15, 0.2) is 0 Å². The lowest BCUT2D eigenvalue weighted by Crippen LogP contribution is -2.22. The number of aromatic nitrogens is 2. The van der Waals surface area contributed by atoms with Crippen molar-refractivity contribution in [3.63, 3.8) is 0 Å². The number of thiophene rings is 1. The highest BCUT2D eigenvalue weighted by atomic mass is 32.1. The SMILES string of the molecule is Cc1ccc(Cn2cnc3sc4c(c3c2=O)C(C)CCC4)cc1. The molecular formula is C19H20N2OS. The Hall–Kier alpha value is -1.94. The Bertz CT molecular complexity index is 921. The second-order valence-electron chi connectivity index (χ2n) is 6.58. The third-order valence-electron chi connectivity index (χ3n) is 4.80. The van der Waals surface area contributed by atoms with E-state index in [2.05, 4.69) is 43.1 Å². The molecule has 4 rings (SSSR count). The number of hydrogen-bond donors (Lipinski definition) is 0. The minimum absolute atomic E-state index is 0.113. The van der Waals surface area contributed by atoms with E-state index >= 15 is 0 Å². The molecule has 0 amide bonds. The lowest BCUT2D eigenvalue weighted by atomic mass is 9.88. The summed E-state index contributed by atoms with van der Waals surface area (Å²) in [7, 11) is 0. The van der Waals surface area contributed by atoms with Crippen LogP contribution in [0.2, 0.25) is 0 Å². The largest absolute Gasteiger partial charge is 0.294 e. The average Bonchev–Trinajstić information content (AvgIpc) is 2.93. The monoisotopic (exact) mass is 324 g/mol. The van der Waals surface area contributed by atoms with Crippen LogP contribution in [0.1, 0.15) is 47.3 Å². The van der Waals surface area contributed by atoms with Crippen LogP contribution in [0.15, 0.2) is 35.4 Å². The normalized spacial score (nSPS) is 17.4. The van der Waals surface area contributed by atoms with E-state index in [9.17, 15) is 4.79 Å². The Balaban J connectivity index is 1.83. The first kappa shape index (κ1) is 14.6. The highest BCUT2D eigenvalue weighted by Crippen LogP contribution is 2.39. The fraction of sp³-hybridized carbons (Fsp3) is 0.368. The van der Waals surface area contributed by atoms with Gasteiger partial charge in [0.2, 0.25) is 0 Å². The van der Waals surface area contributed by atoms with Gasteiger partial charge in [0.05, 0.1) is 18.3 Å². The Morgan fingerprint density at radius 3 is 2.87 bits per heavy atom. The second-order valence-corrected chi connectivity index (χ2v) is 7.66. The summed E-state index contributed by atoms with van der Waals surface area (Å²) in [6, 6.07) is 8.33. The van der Waals surface area contributed by atoms with Crippen molar-refractivity contribution >= 4 is 21.6 Å². The second kappa shape index (κ2) is 5.60. The van der Waals surface area contributed by atoms with Crippen molar-refractivity contribution in [1.29, 1.82) is 0 Å². The molecule has 2 aromatic heterocycles. The molecule has 0 saturated heterocycles. The Morgan fingerprint density at radius 2 is 2.09 bits per heavy atom. The highest BCUT2D eigenvalue weighted by molar-refractivity contribution is 7.18. The summed E-state index contributed by atoms with van der Waals surface area (Å²) in [5.41, 5.74) is 3.75. The van der Waals surface area contributed by atoms with Crippen LogP contribution in [-0.4, -0.2) is 9.55 Å². The zero-order valence-electron chi connectivity index (χ0n) is 13.5. The molecule has 0 N–H and O–H groups in total. The Kier molecular flexibility index (Phi) is 3.57. The van der Waals surface area contributed by atoms with Crippen molar-refractivity contribution in [1.82, 2.24) is 9.55 Å². The fourth-order valence-electron chi connectivity index (χ4n) is 3.52. The Morgan fingerprint density at radius 1 is 1.30 bits per heavy atom. The zero-order valence-corrected chi connectivity index (χ0v) is 14.3. The molecule has 1 unspecified atom stereocenters. The molecule has 1 aliphatic rings. The van der Waals surface area contributed by atoms with Crippen molar-refractivity contribution in [2.75, 3.05) is 0 Å². The first-order valence-electron chi connectivity index (χ1n) is 8.19. The molecular weight excluding hydrogens is 304 g/mol. The van der Waals surface area contributed by atoms with Crippen LogP contribution in [0.3, 0.4) is 0 Å². The van der Waals surface area contributed by atoms with Crippen LogP contribution in [-0.2, 0) is 13.0 Å². The van der Waals surface area contributed by atoms with Gasteiger partial charge in [-0.15, -0.1) is 11.3 Å². The van der Waals surface area contributed by atoms with Gasteiger partial charge in [0.25, 0.3) is 5.56 Å². The van der Waals surface area contributed by atoms with Gasteiger partial charge in [-0.3, -0.25) is 9.36 Å². The molecule has 0 radical (unpaired) electrons. The number of hydrogen-bond acceptors (Lipinski definition) is 3. The molecule has 3 aromatic rings. The maximum Gasteiger partial charge on any atom is 0.262 e. The molecule has 0 spiro atoms. The molecule has 0 aliphatic heterocycles. The van der Waals surface area contributed by atoms with Crippen molar-refractivity contribution in [3.05, 3.63) is 62.5 Å². The van der Waals surface area contributed by atoms with E-state index in [1.165, 1.54) is 28.8 Å². The molecule has 1 aliphatic carbocycles. The fourth-order valence-corrected chi connectivity index (χ4v) is 4.81. The lowest BCUT2D eigenvalue weighted by molar-refractivity contribution is 0.601. The summed E-state index contributed by atoms with van der Waals surface area (Å²) < 4.78 is 1.75. The van der Waals surface area contributed by atoms with Gasteiger partial charge >= 0.3 is 0 Å². The molecule has 3 nitrogen and oxygen atoms in total. The average molecular weight is 324 g/mol. The molecule has 0 bridgehead atoms. The summed E-state index contributed by atoms with van der Waals surface area (Å²) in [5, 5.41) is 0.867. The van der Waals surface area contributed by atoms with Crippen molar-refractivity contribution < 1.29 is 0 Å². The van der Waals surface area contributed by atoms with Crippen LogP contribution in [0.5, 0.6) is 0 Å². The maximum atomic E-state index is 13.0. The van der Waals surface area contributed by atoms with E-state index in [1.54, 1.807) is 22.2 Å². The number of rotatable bonds is 2. The molecule has 0 saturated carbocycles. The summed E-state index contributed by atoms with van der Waals surface area (Å²) in [6.45, 7) is 4.89. The summed E-state index contributed by atoms with van der Waals surface area (Å²) in [4.78, 5) is 19.9. The van der Waals surface area contributed by atoms with Crippen LogP contribution >= 0.6 is 11.3 Å². The predicted octanol–water partition coefficient (Wildman–Crippen LogP) is 4.25. The number of benzene rings is 1. The van der Waals surface area contributed by atoms with E-state index in [0.717, 1.165) is 22.2 Å². The minimum Gasteiger partial charge on any atom is -0.294 e. The van der Waals surface area contributed by atoms with Crippen molar-refractivity contribution in [2.45, 2.75) is 45.6 Å². The predicted molar refractivity (Wildman–Crippen MR) is 95.5 cm³/mol. The van der Waals surface area contributed by atoms with Gasteiger partial charge in [0, 0.05) is 4.88 Å². The standard InChI is InChI=1S/C19H20N2OS/c1-12-6-8-14(9-7-12)10-21-11-20-18-17(19(21)22)16-13(2)4-3-5-15(16)23-18/h6-9,11,13H,3-5,10H2,1-2H3. The lowest BCUT2D eigenvalue weighted by Gasteiger charge is -2.18. The van der Waals surface area contributed by atoms with E-state index in [0.29, 0.717) is 12.5 Å². The molecule has 118 valence electrons. The third kappa shape index (κ3) is 2.51. The quantitative estimate of drug-likeness (QED) is 0.706. The number of fused-ring (bicyclic) bond motifs is 3. The minimum atomic E-state index is 0.113. The molecule has 23 heavy (non-hydrogen) atoms. The van der Waals surface area contributed by atoms with Crippen LogP contribution in [0.25, 0.3) is 10.2 Å². The summed E-state index contributed by atoms with van der Waals surface area (Å²) >= 11 is 1.71. The van der Waals surface area contributed by atoms with Crippen LogP contribution < -0.4 is 5.56 Å². The third-order valence-corrected chi connectivity index (χ3v) is 5.97. The molecule has 2 heterocycles. The van der Waals surface area contributed by atoms with Gasteiger partial charge in [0.1, 0.15) is 4.83 Å². The first-order chi connectivity index (χ1) is 11.1. The van der Waals surface area contributed by atoms with E-state index in [1.807, 2.05) is 0 Å². The van der Waals surface area contributed by atoms with E-state index in [-0.39, 0.29) is 5.56 Å². The highest BCUT2D eigenvalue weighted by Gasteiger charge is 2.24. The maximum absolute atomic E-state index is 13.0. The molecule has 1 aromatic carbocycles.